The van der Waals surface area contributed by atoms with Crippen LogP contribution in [-0.4, -0.2) is 23.8 Å². The van der Waals surface area contributed by atoms with E-state index in [1.807, 2.05) is 0 Å². The fourth-order valence-electron chi connectivity index (χ4n) is 1.61. The van der Waals surface area contributed by atoms with Crippen molar-refractivity contribution in [2.45, 2.75) is 6.92 Å². The van der Waals surface area contributed by atoms with Gasteiger partial charge in [-0.3, -0.25) is 4.79 Å². The Morgan fingerprint density at radius 1 is 1.43 bits per heavy atom. The van der Waals surface area contributed by atoms with E-state index in [2.05, 4.69) is 18.1 Å². The van der Waals surface area contributed by atoms with Crippen LogP contribution in [0.1, 0.15) is 22.8 Å². The van der Waals surface area contributed by atoms with E-state index < -0.39 is 5.97 Å². The van der Waals surface area contributed by atoms with Crippen molar-refractivity contribution in [3.63, 3.8) is 0 Å². The maximum atomic E-state index is 13.0. The molecule has 0 aliphatic carbocycles. The molecule has 0 aliphatic rings. The molecule has 0 radical (unpaired) electrons. The van der Waals surface area contributed by atoms with Crippen molar-refractivity contribution in [3.05, 3.63) is 66.4 Å². The first-order chi connectivity index (χ1) is 11.1. The molecule has 0 spiro atoms. The molecule has 1 aromatic rings. The molecule has 0 saturated heterocycles. The van der Waals surface area contributed by atoms with E-state index in [9.17, 15) is 14.0 Å². The van der Waals surface area contributed by atoms with E-state index in [1.54, 1.807) is 13.0 Å². The van der Waals surface area contributed by atoms with Gasteiger partial charge in [-0.05, 0) is 24.6 Å². The van der Waals surface area contributed by atoms with Gasteiger partial charge in [-0.1, -0.05) is 25.3 Å². The van der Waals surface area contributed by atoms with Gasteiger partial charge in [-0.2, -0.15) is 0 Å². The highest BCUT2D eigenvalue weighted by Crippen LogP contribution is 2.24. The number of aromatic nitrogens is 1. The molecular weight excluding hydrogens is 301 g/mol. The molecule has 120 valence electrons. The lowest BCUT2D eigenvalue weighted by molar-refractivity contribution is -0.104. The molecule has 23 heavy (non-hydrogen) atoms. The summed E-state index contributed by atoms with van der Waals surface area (Å²) in [7, 11) is 0. The Hall–Kier alpha value is -3.02. The first-order valence-electron chi connectivity index (χ1n) is 6.67. The van der Waals surface area contributed by atoms with Crippen LogP contribution in [0.15, 0.2) is 55.2 Å². The smallest absolute Gasteiger partial charge is 0.344 e. The Kier molecular flexibility index (Phi) is 7.13. The average molecular weight is 317 g/mol. The van der Waals surface area contributed by atoms with Crippen molar-refractivity contribution in [1.29, 1.82) is 0 Å². The molecule has 0 fully saturated rings. The van der Waals surface area contributed by atoms with Crippen molar-refractivity contribution in [1.82, 2.24) is 4.98 Å². The lowest BCUT2D eigenvalue weighted by Gasteiger charge is -2.11. The van der Waals surface area contributed by atoms with Crippen molar-refractivity contribution in [2.75, 3.05) is 6.61 Å². The summed E-state index contributed by atoms with van der Waals surface area (Å²) in [4.78, 5) is 26.7. The summed E-state index contributed by atoms with van der Waals surface area (Å²) < 4.78 is 23.2. The Bertz CT molecular complexity index is 667. The normalized spacial score (nSPS) is 11.6. The Balaban J connectivity index is 3.29. The zero-order valence-electron chi connectivity index (χ0n) is 12.6. The van der Waals surface area contributed by atoms with Crippen LogP contribution in [0.25, 0.3) is 6.08 Å². The molecule has 1 aromatic heterocycles. The number of ether oxygens (including phenoxy) is 2. The topological polar surface area (TPSA) is 65.5 Å². The van der Waals surface area contributed by atoms with Crippen molar-refractivity contribution in [3.8, 4) is 5.88 Å². The summed E-state index contributed by atoms with van der Waals surface area (Å²) in [6, 6.07) is 1.54. The number of pyridine rings is 1. The third-order valence-electron chi connectivity index (χ3n) is 2.65. The highest BCUT2D eigenvalue weighted by Gasteiger charge is 2.20. The van der Waals surface area contributed by atoms with E-state index in [-0.39, 0.29) is 35.7 Å². The summed E-state index contributed by atoms with van der Waals surface area (Å²) in [5.74, 6) is -1.14. The van der Waals surface area contributed by atoms with Crippen molar-refractivity contribution < 1.29 is 23.5 Å². The number of nitrogens with zero attached hydrogens (tertiary/aromatic N) is 1. The van der Waals surface area contributed by atoms with Crippen LogP contribution >= 0.6 is 0 Å². The first-order valence-corrected chi connectivity index (χ1v) is 6.67. The van der Waals surface area contributed by atoms with Gasteiger partial charge in [-0.25, -0.2) is 14.2 Å². The van der Waals surface area contributed by atoms with E-state index in [0.29, 0.717) is 11.8 Å². The lowest BCUT2D eigenvalue weighted by atomic mass is 10.1. The van der Waals surface area contributed by atoms with Gasteiger partial charge in [0.15, 0.2) is 5.76 Å². The fraction of sp³-hybridized carbons (Fsp3) is 0.118. The maximum absolute atomic E-state index is 13.0. The van der Waals surface area contributed by atoms with Gasteiger partial charge in [0, 0.05) is 11.8 Å². The second-order valence-electron chi connectivity index (χ2n) is 4.08. The zero-order valence-corrected chi connectivity index (χ0v) is 12.6. The molecule has 1 rings (SSSR count). The second kappa shape index (κ2) is 9.09. The fourth-order valence-corrected chi connectivity index (χ4v) is 1.61. The van der Waals surface area contributed by atoms with Gasteiger partial charge in [0.2, 0.25) is 5.88 Å². The van der Waals surface area contributed by atoms with Crippen LogP contribution in [-0.2, 0) is 9.53 Å². The number of carbonyl (C=O) groups excluding carboxylic acids is 2. The second-order valence-corrected chi connectivity index (χ2v) is 4.08. The molecule has 0 atom stereocenters. The van der Waals surface area contributed by atoms with Gasteiger partial charge in [0.25, 0.3) is 0 Å². The molecule has 0 bridgehead atoms. The average Bonchev–Trinajstić information content (AvgIpc) is 2.58. The maximum Gasteiger partial charge on any atom is 0.344 e. The van der Waals surface area contributed by atoms with Gasteiger partial charge < -0.3 is 9.47 Å². The van der Waals surface area contributed by atoms with E-state index in [0.717, 1.165) is 6.08 Å². The molecule has 5 nitrogen and oxygen atoms in total. The molecule has 1 heterocycles. The Labute approximate surface area is 133 Å². The highest BCUT2D eigenvalue weighted by atomic mass is 19.1. The number of hydrogen-bond donors (Lipinski definition) is 0. The van der Waals surface area contributed by atoms with Gasteiger partial charge in [0.1, 0.15) is 18.2 Å². The van der Waals surface area contributed by atoms with Crippen molar-refractivity contribution >= 4 is 18.3 Å². The van der Waals surface area contributed by atoms with Crippen LogP contribution in [0, 0.1) is 0 Å². The number of esters is 1. The minimum Gasteiger partial charge on any atom is -0.462 e. The molecule has 0 unspecified atom stereocenters. The third-order valence-corrected chi connectivity index (χ3v) is 2.65. The van der Waals surface area contributed by atoms with Crippen LogP contribution < -0.4 is 4.74 Å². The standard InChI is InChI=1S/C17H16FNO4/c1-4-12(11-20)9-14(10-18)23-16-15(17(21)22-6-3)13(5-2)7-8-19-16/h4-5,7-11H,1-2,6H2,3H3/b12-9+,14-10-. The van der Waals surface area contributed by atoms with Crippen LogP contribution in [0.2, 0.25) is 0 Å². The molecule has 0 aromatic carbocycles. The summed E-state index contributed by atoms with van der Waals surface area (Å²) >= 11 is 0. The SMILES string of the molecule is C=C/C(C=O)=C\C(=C\F)Oc1nccc(C=C)c1C(=O)OCC. The van der Waals surface area contributed by atoms with Gasteiger partial charge in [-0.15, -0.1) is 0 Å². The quantitative estimate of drug-likeness (QED) is 0.242. The molecule has 6 heteroatoms. The third kappa shape index (κ3) is 4.74. The Morgan fingerprint density at radius 2 is 2.17 bits per heavy atom. The largest absolute Gasteiger partial charge is 0.462 e. The molecular formula is C17H16FNO4. The number of hydrogen-bond acceptors (Lipinski definition) is 5. The van der Waals surface area contributed by atoms with Crippen molar-refractivity contribution in [2.24, 2.45) is 0 Å². The number of allylic oxidation sites excluding steroid dienone is 3. The van der Waals surface area contributed by atoms with E-state index in [4.69, 9.17) is 9.47 Å². The van der Waals surface area contributed by atoms with Crippen LogP contribution in [0.3, 0.4) is 0 Å². The zero-order chi connectivity index (χ0) is 17.2. The summed E-state index contributed by atoms with van der Waals surface area (Å²) in [5.41, 5.74) is 0.546. The van der Waals surface area contributed by atoms with Gasteiger partial charge >= 0.3 is 5.97 Å². The lowest BCUT2D eigenvalue weighted by Crippen LogP contribution is -2.11. The number of carbonyl (C=O) groups is 2. The highest BCUT2D eigenvalue weighted by molar-refractivity contribution is 5.96. The first kappa shape index (κ1) is 18.0. The summed E-state index contributed by atoms with van der Waals surface area (Å²) in [6.45, 7) is 8.82. The molecule has 0 aliphatic heterocycles. The summed E-state index contributed by atoms with van der Waals surface area (Å²) in [6.07, 6.45) is 5.79. The predicted octanol–water partition coefficient (Wildman–Crippen LogP) is 3.40. The number of rotatable bonds is 8. The number of halogens is 1. The summed E-state index contributed by atoms with van der Waals surface area (Å²) in [5, 5.41) is 0. The monoisotopic (exact) mass is 317 g/mol. The predicted molar refractivity (Wildman–Crippen MR) is 84.4 cm³/mol. The van der Waals surface area contributed by atoms with E-state index in [1.165, 1.54) is 18.3 Å². The molecule has 0 saturated carbocycles. The Morgan fingerprint density at radius 3 is 2.70 bits per heavy atom. The van der Waals surface area contributed by atoms with Gasteiger partial charge in [0.05, 0.1) is 6.61 Å². The minimum absolute atomic E-state index is 0.0170. The molecule has 0 N–H and O–H groups in total. The molecule has 0 amide bonds. The van der Waals surface area contributed by atoms with Crippen LogP contribution in [0.5, 0.6) is 5.88 Å². The van der Waals surface area contributed by atoms with E-state index >= 15 is 0 Å². The van der Waals surface area contributed by atoms with Crippen LogP contribution in [0.4, 0.5) is 4.39 Å². The minimum atomic E-state index is -0.674. The number of aldehydes is 1.